The Morgan fingerprint density at radius 3 is 2.68 bits per heavy atom. The van der Waals surface area contributed by atoms with Crippen LogP contribution in [0.1, 0.15) is 21.5 Å². The molecular formula is C19H17BrN4O2S2. The Morgan fingerprint density at radius 2 is 1.89 bits per heavy atom. The highest BCUT2D eigenvalue weighted by molar-refractivity contribution is 9.10. The number of thioether (sulfide) groups is 1. The molecule has 9 heteroatoms. The van der Waals surface area contributed by atoms with E-state index in [0.29, 0.717) is 15.0 Å². The molecule has 0 unspecified atom stereocenters. The number of rotatable bonds is 6. The lowest BCUT2D eigenvalue weighted by Crippen LogP contribution is -2.15. The smallest absolute Gasteiger partial charge is 0.257 e. The third-order valence-electron chi connectivity index (χ3n) is 3.92. The predicted molar refractivity (Wildman–Crippen MR) is 117 cm³/mol. The van der Waals surface area contributed by atoms with E-state index in [9.17, 15) is 9.59 Å². The normalized spacial score (nSPS) is 10.5. The summed E-state index contributed by atoms with van der Waals surface area (Å²) in [7, 11) is 0. The van der Waals surface area contributed by atoms with Gasteiger partial charge in [-0.05, 0) is 49.2 Å². The van der Waals surface area contributed by atoms with Gasteiger partial charge < -0.3 is 5.32 Å². The van der Waals surface area contributed by atoms with Gasteiger partial charge in [-0.3, -0.25) is 14.9 Å². The molecule has 0 fully saturated rings. The second kappa shape index (κ2) is 9.31. The van der Waals surface area contributed by atoms with Crippen molar-refractivity contribution in [2.24, 2.45) is 0 Å². The van der Waals surface area contributed by atoms with Crippen molar-refractivity contribution in [3.63, 3.8) is 0 Å². The number of nitrogens with one attached hydrogen (secondary N) is 2. The summed E-state index contributed by atoms with van der Waals surface area (Å²) in [6.07, 6.45) is 0. The van der Waals surface area contributed by atoms with Crippen molar-refractivity contribution in [2.45, 2.75) is 18.2 Å². The number of carbonyl (C=O) groups is 2. The van der Waals surface area contributed by atoms with Crippen LogP contribution in [0.15, 0.2) is 51.3 Å². The molecule has 0 aliphatic carbocycles. The fourth-order valence-corrected chi connectivity index (χ4v) is 4.26. The molecule has 1 aromatic heterocycles. The van der Waals surface area contributed by atoms with E-state index in [1.165, 1.54) is 23.1 Å². The largest absolute Gasteiger partial charge is 0.325 e. The minimum atomic E-state index is -0.262. The topological polar surface area (TPSA) is 84.0 Å². The third kappa shape index (κ3) is 5.40. The summed E-state index contributed by atoms with van der Waals surface area (Å²) in [5, 5.41) is 14.0. The van der Waals surface area contributed by atoms with Crippen LogP contribution in [0, 0.1) is 13.8 Å². The maximum absolute atomic E-state index is 12.2. The van der Waals surface area contributed by atoms with E-state index >= 15 is 0 Å². The van der Waals surface area contributed by atoms with Crippen LogP contribution in [0.4, 0.5) is 10.8 Å². The van der Waals surface area contributed by atoms with Gasteiger partial charge in [0.15, 0.2) is 4.34 Å². The predicted octanol–water partition coefficient (Wildman–Crippen LogP) is 4.90. The minimum absolute atomic E-state index is 0.117. The van der Waals surface area contributed by atoms with Crippen molar-refractivity contribution < 1.29 is 9.59 Å². The SMILES string of the molecule is Cc1cccc(NC(=O)CSc2nnc(NC(=O)c3cccc(Br)c3)s2)c1C. The molecule has 0 bridgehead atoms. The van der Waals surface area contributed by atoms with Gasteiger partial charge in [-0.25, -0.2) is 0 Å². The molecule has 0 aliphatic heterocycles. The fraction of sp³-hybridized carbons (Fsp3) is 0.158. The van der Waals surface area contributed by atoms with Gasteiger partial charge in [0.05, 0.1) is 5.75 Å². The summed E-state index contributed by atoms with van der Waals surface area (Å²) in [5.41, 5.74) is 3.51. The molecule has 28 heavy (non-hydrogen) atoms. The van der Waals surface area contributed by atoms with Crippen molar-refractivity contribution in [1.29, 1.82) is 0 Å². The van der Waals surface area contributed by atoms with Gasteiger partial charge >= 0.3 is 0 Å². The Hall–Kier alpha value is -2.23. The zero-order valence-electron chi connectivity index (χ0n) is 15.2. The maximum Gasteiger partial charge on any atom is 0.257 e. The standard InChI is InChI=1S/C19H17BrN4O2S2/c1-11-5-3-8-15(12(11)2)21-16(25)10-27-19-24-23-18(28-19)22-17(26)13-6-4-7-14(20)9-13/h3-9H,10H2,1-2H3,(H,21,25)(H,22,23,26). The molecule has 2 aromatic carbocycles. The Bertz CT molecular complexity index is 1020. The van der Waals surface area contributed by atoms with Crippen LogP contribution in [-0.4, -0.2) is 27.8 Å². The van der Waals surface area contributed by atoms with Crippen molar-refractivity contribution >= 4 is 61.7 Å². The highest BCUT2D eigenvalue weighted by Gasteiger charge is 2.13. The van der Waals surface area contributed by atoms with Gasteiger partial charge in [-0.2, -0.15) is 0 Å². The summed E-state index contributed by atoms with van der Waals surface area (Å²) < 4.78 is 1.43. The van der Waals surface area contributed by atoms with E-state index in [-0.39, 0.29) is 17.6 Å². The number of carbonyl (C=O) groups excluding carboxylic acids is 2. The monoisotopic (exact) mass is 476 g/mol. The van der Waals surface area contributed by atoms with Gasteiger partial charge in [0.1, 0.15) is 0 Å². The average Bonchev–Trinajstić information content (AvgIpc) is 3.11. The summed E-state index contributed by atoms with van der Waals surface area (Å²) in [5.74, 6) is -0.169. The van der Waals surface area contributed by atoms with Crippen LogP contribution in [0.5, 0.6) is 0 Å². The zero-order valence-corrected chi connectivity index (χ0v) is 18.4. The number of aryl methyl sites for hydroxylation is 1. The number of aromatic nitrogens is 2. The quantitative estimate of drug-likeness (QED) is 0.390. The second-order valence-corrected chi connectivity index (χ2v) is 9.04. The van der Waals surface area contributed by atoms with Gasteiger partial charge in [0, 0.05) is 15.7 Å². The van der Waals surface area contributed by atoms with E-state index in [1.807, 2.05) is 38.1 Å². The fourth-order valence-electron chi connectivity index (χ4n) is 2.32. The van der Waals surface area contributed by atoms with Gasteiger partial charge in [-0.15, -0.1) is 10.2 Å². The molecule has 3 aromatic rings. The molecule has 0 aliphatic rings. The molecule has 0 radical (unpaired) electrons. The number of benzene rings is 2. The molecule has 0 spiro atoms. The Labute approximate surface area is 179 Å². The van der Waals surface area contributed by atoms with Crippen LogP contribution in [-0.2, 0) is 4.79 Å². The van der Waals surface area contributed by atoms with Gasteiger partial charge in [-0.1, -0.05) is 57.2 Å². The van der Waals surface area contributed by atoms with E-state index in [4.69, 9.17) is 0 Å². The molecule has 3 rings (SSSR count). The lowest BCUT2D eigenvalue weighted by atomic mass is 10.1. The van der Waals surface area contributed by atoms with Crippen LogP contribution in [0.25, 0.3) is 0 Å². The summed E-state index contributed by atoms with van der Waals surface area (Å²) in [6, 6.07) is 12.9. The molecule has 0 saturated carbocycles. The Morgan fingerprint density at radius 1 is 1.11 bits per heavy atom. The first-order chi connectivity index (χ1) is 13.4. The Kier molecular flexibility index (Phi) is 6.82. The lowest BCUT2D eigenvalue weighted by molar-refractivity contribution is -0.113. The highest BCUT2D eigenvalue weighted by atomic mass is 79.9. The van der Waals surface area contributed by atoms with Gasteiger partial charge in [0.25, 0.3) is 5.91 Å². The van der Waals surface area contributed by atoms with Crippen LogP contribution in [0.3, 0.4) is 0 Å². The number of nitrogens with zero attached hydrogens (tertiary/aromatic N) is 2. The first kappa shape index (κ1) is 20.5. The van der Waals surface area contributed by atoms with Crippen LogP contribution < -0.4 is 10.6 Å². The molecule has 2 amide bonds. The molecule has 0 atom stereocenters. The molecule has 6 nitrogen and oxygen atoms in total. The number of hydrogen-bond donors (Lipinski definition) is 2. The summed E-state index contributed by atoms with van der Waals surface area (Å²) in [6.45, 7) is 3.98. The first-order valence-electron chi connectivity index (χ1n) is 8.31. The number of hydrogen-bond acceptors (Lipinski definition) is 6. The zero-order chi connectivity index (χ0) is 20.1. The highest BCUT2D eigenvalue weighted by Crippen LogP contribution is 2.26. The third-order valence-corrected chi connectivity index (χ3v) is 6.38. The first-order valence-corrected chi connectivity index (χ1v) is 10.9. The summed E-state index contributed by atoms with van der Waals surface area (Å²) >= 11 is 5.85. The Balaban J connectivity index is 1.54. The second-order valence-electron chi connectivity index (χ2n) is 5.92. The average molecular weight is 477 g/mol. The molecule has 1 heterocycles. The van der Waals surface area contributed by atoms with Crippen molar-refractivity contribution in [3.8, 4) is 0 Å². The molecule has 2 N–H and O–H groups in total. The van der Waals surface area contributed by atoms with E-state index in [2.05, 4.69) is 36.8 Å². The molecule has 0 saturated heterocycles. The summed E-state index contributed by atoms with van der Waals surface area (Å²) in [4.78, 5) is 24.4. The molecular weight excluding hydrogens is 460 g/mol. The van der Waals surface area contributed by atoms with E-state index in [0.717, 1.165) is 21.3 Å². The maximum atomic E-state index is 12.2. The number of amides is 2. The van der Waals surface area contributed by atoms with Crippen molar-refractivity contribution in [1.82, 2.24) is 10.2 Å². The number of anilines is 2. The van der Waals surface area contributed by atoms with E-state index < -0.39 is 0 Å². The van der Waals surface area contributed by atoms with E-state index in [1.54, 1.807) is 18.2 Å². The van der Waals surface area contributed by atoms with Crippen LogP contribution >= 0.6 is 39.0 Å². The minimum Gasteiger partial charge on any atom is -0.325 e. The van der Waals surface area contributed by atoms with Gasteiger partial charge in [0.2, 0.25) is 11.0 Å². The van der Waals surface area contributed by atoms with Crippen molar-refractivity contribution in [2.75, 3.05) is 16.4 Å². The molecule has 144 valence electrons. The number of halogens is 1. The van der Waals surface area contributed by atoms with Crippen molar-refractivity contribution in [3.05, 3.63) is 63.6 Å². The lowest BCUT2D eigenvalue weighted by Gasteiger charge is -2.09. The van der Waals surface area contributed by atoms with Crippen LogP contribution in [0.2, 0.25) is 0 Å².